The number of ether oxygens (including phenoxy) is 1. The second kappa shape index (κ2) is 9.94. The molecule has 0 fully saturated rings. The van der Waals surface area contributed by atoms with E-state index in [-0.39, 0.29) is 5.82 Å². The second-order valence-electron chi connectivity index (χ2n) is 6.25. The van der Waals surface area contributed by atoms with Gasteiger partial charge < -0.3 is 10.1 Å². The minimum Gasteiger partial charge on any atom is -0.382 e. The van der Waals surface area contributed by atoms with Crippen molar-refractivity contribution >= 4 is 0 Å². The van der Waals surface area contributed by atoms with Gasteiger partial charge in [-0.2, -0.15) is 15.0 Å². The molecule has 27 heavy (non-hydrogen) atoms. The van der Waals surface area contributed by atoms with Crippen LogP contribution in [0.5, 0.6) is 0 Å². The van der Waals surface area contributed by atoms with Crippen LogP contribution in [0.3, 0.4) is 0 Å². The first-order chi connectivity index (χ1) is 13.3. The molecule has 0 aliphatic rings. The van der Waals surface area contributed by atoms with Crippen molar-refractivity contribution < 1.29 is 9.13 Å². The minimum atomic E-state index is -0.242. The highest BCUT2D eigenvalue weighted by Gasteiger charge is 2.13. The van der Waals surface area contributed by atoms with Crippen LogP contribution in [0, 0.1) is 5.82 Å². The Morgan fingerprint density at radius 2 is 1.81 bits per heavy atom. The lowest BCUT2D eigenvalue weighted by Crippen LogP contribution is -2.17. The van der Waals surface area contributed by atoms with Crippen molar-refractivity contribution in [1.29, 1.82) is 0 Å². The first-order valence-electron chi connectivity index (χ1n) is 9.28. The summed E-state index contributed by atoms with van der Waals surface area (Å²) in [6.07, 6.45) is 0.957. The van der Waals surface area contributed by atoms with Crippen molar-refractivity contribution in [3.63, 3.8) is 0 Å². The third-order valence-electron chi connectivity index (χ3n) is 4.15. The van der Waals surface area contributed by atoms with Crippen molar-refractivity contribution in [2.45, 2.75) is 26.4 Å². The van der Waals surface area contributed by atoms with E-state index in [1.165, 1.54) is 12.1 Å². The number of halogens is 1. The third-order valence-corrected chi connectivity index (χ3v) is 4.15. The van der Waals surface area contributed by atoms with Crippen LogP contribution in [-0.2, 0) is 17.8 Å². The molecule has 0 aliphatic carbocycles. The predicted molar refractivity (Wildman–Crippen MR) is 104 cm³/mol. The molecular formula is C21H25FN4O. The van der Waals surface area contributed by atoms with E-state index in [1.54, 1.807) is 16.9 Å². The maximum Gasteiger partial charge on any atom is 0.123 e. The highest BCUT2D eigenvalue weighted by Crippen LogP contribution is 2.20. The van der Waals surface area contributed by atoms with E-state index < -0.39 is 0 Å². The summed E-state index contributed by atoms with van der Waals surface area (Å²) in [7, 11) is 0. The van der Waals surface area contributed by atoms with Gasteiger partial charge >= 0.3 is 0 Å². The van der Waals surface area contributed by atoms with Crippen LogP contribution in [-0.4, -0.2) is 34.8 Å². The van der Waals surface area contributed by atoms with Gasteiger partial charge in [-0.1, -0.05) is 42.5 Å². The Balaban J connectivity index is 1.71. The Morgan fingerprint density at radius 1 is 1.04 bits per heavy atom. The van der Waals surface area contributed by atoms with E-state index in [2.05, 4.69) is 15.5 Å². The standard InChI is InChI=1S/C21H25FN4O/c1-2-27-14-6-13-23-15-20-21(18-7-4-3-5-8-18)25-26(24-20)16-17-9-11-19(22)12-10-17/h3-5,7-12,23H,2,6,13-16H2,1H3. The molecule has 0 bridgehead atoms. The lowest BCUT2D eigenvalue weighted by Gasteiger charge is -2.04. The lowest BCUT2D eigenvalue weighted by molar-refractivity contribution is 0.144. The summed E-state index contributed by atoms with van der Waals surface area (Å²) in [5.41, 5.74) is 3.77. The molecule has 5 nitrogen and oxygen atoms in total. The molecule has 0 spiro atoms. The molecule has 3 aromatic rings. The van der Waals surface area contributed by atoms with Crippen LogP contribution >= 0.6 is 0 Å². The summed E-state index contributed by atoms with van der Waals surface area (Å²) >= 11 is 0. The molecular weight excluding hydrogens is 343 g/mol. The number of nitrogens with zero attached hydrogens (tertiary/aromatic N) is 3. The van der Waals surface area contributed by atoms with Crippen LogP contribution in [0.15, 0.2) is 54.6 Å². The molecule has 0 aliphatic heterocycles. The largest absolute Gasteiger partial charge is 0.382 e. The fourth-order valence-corrected chi connectivity index (χ4v) is 2.80. The zero-order valence-corrected chi connectivity index (χ0v) is 15.6. The molecule has 0 amide bonds. The van der Waals surface area contributed by atoms with Crippen LogP contribution in [0.2, 0.25) is 0 Å². The molecule has 1 heterocycles. The number of benzene rings is 2. The molecule has 0 saturated heterocycles. The smallest absolute Gasteiger partial charge is 0.123 e. The van der Waals surface area contributed by atoms with Gasteiger partial charge in [-0.15, -0.1) is 0 Å². The second-order valence-corrected chi connectivity index (χ2v) is 6.25. The zero-order chi connectivity index (χ0) is 18.9. The van der Waals surface area contributed by atoms with Gasteiger partial charge in [0.05, 0.1) is 6.54 Å². The van der Waals surface area contributed by atoms with Gasteiger partial charge in [0.15, 0.2) is 0 Å². The monoisotopic (exact) mass is 368 g/mol. The third kappa shape index (κ3) is 5.70. The lowest BCUT2D eigenvalue weighted by atomic mass is 10.1. The number of nitrogens with one attached hydrogen (secondary N) is 1. The molecule has 6 heteroatoms. The van der Waals surface area contributed by atoms with E-state index in [1.807, 2.05) is 37.3 Å². The summed E-state index contributed by atoms with van der Waals surface area (Å²) in [4.78, 5) is 1.67. The molecule has 3 rings (SSSR count). The van der Waals surface area contributed by atoms with Crippen molar-refractivity contribution in [2.75, 3.05) is 19.8 Å². The molecule has 0 saturated carbocycles. The Kier molecular flexibility index (Phi) is 7.07. The summed E-state index contributed by atoms with van der Waals surface area (Å²) < 4.78 is 18.5. The van der Waals surface area contributed by atoms with Crippen molar-refractivity contribution in [3.8, 4) is 11.3 Å². The molecule has 0 unspecified atom stereocenters. The van der Waals surface area contributed by atoms with Crippen LogP contribution in [0.4, 0.5) is 4.39 Å². The minimum absolute atomic E-state index is 0.242. The number of rotatable bonds is 10. The van der Waals surface area contributed by atoms with E-state index in [4.69, 9.17) is 4.74 Å². The summed E-state index contributed by atoms with van der Waals surface area (Å²) in [6.45, 7) is 5.50. The number of hydrogen-bond donors (Lipinski definition) is 1. The molecule has 0 atom stereocenters. The Bertz CT molecular complexity index is 818. The summed E-state index contributed by atoms with van der Waals surface area (Å²) in [6, 6.07) is 16.5. The predicted octanol–water partition coefficient (Wildman–Crippen LogP) is 3.65. The zero-order valence-electron chi connectivity index (χ0n) is 15.6. The highest BCUT2D eigenvalue weighted by atomic mass is 19.1. The average molecular weight is 368 g/mol. The fourth-order valence-electron chi connectivity index (χ4n) is 2.80. The van der Waals surface area contributed by atoms with E-state index >= 15 is 0 Å². The van der Waals surface area contributed by atoms with Crippen LogP contribution in [0.1, 0.15) is 24.6 Å². The van der Waals surface area contributed by atoms with Gasteiger partial charge in [0, 0.05) is 25.3 Å². The first kappa shape index (κ1) is 19.2. The fraction of sp³-hybridized carbons (Fsp3) is 0.333. The number of hydrogen-bond acceptors (Lipinski definition) is 4. The Morgan fingerprint density at radius 3 is 2.56 bits per heavy atom. The van der Waals surface area contributed by atoms with Gasteiger partial charge in [-0.05, 0) is 37.6 Å². The molecule has 1 aromatic heterocycles. The van der Waals surface area contributed by atoms with Crippen molar-refractivity contribution in [3.05, 3.63) is 71.7 Å². The van der Waals surface area contributed by atoms with Gasteiger partial charge in [0.1, 0.15) is 17.2 Å². The topological polar surface area (TPSA) is 52.0 Å². The number of aromatic nitrogens is 3. The normalized spacial score (nSPS) is 11.0. The van der Waals surface area contributed by atoms with E-state index in [0.29, 0.717) is 13.1 Å². The van der Waals surface area contributed by atoms with Crippen LogP contribution < -0.4 is 5.32 Å². The maximum atomic E-state index is 13.1. The SMILES string of the molecule is CCOCCCNCc1nn(Cc2ccc(F)cc2)nc1-c1ccccc1. The molecule has 0 radical (unpaired) electrons. The molecule has 1 N–H and O–H groups in total. The van der Waals surface area contributed by atoms with Crippen LogP contribution in [0.25, 0.3) is 11.3 Å². The first-order valence-corrected chi connectivity index (χ1v) is 9.28. The molecule has 142 valence electrons. The van der Waals surface area contributed by atoms with E-state index in [9.17, 15) is 4.39 Å². The average Bonchev–Trinajstić information content (AvgIpc) is 3.10. The summed E-state index contributed by atoms with van der Waals surface area (Å²) in [5.74, 6) is -0.242. The highest BCUT2D eigenvalue weighted by molar-refractivity contribution is 5.60. The summed E-state index contributed by atoms with van der Waals surface area (Å²) in [5, 5.41) is 12.7. The Hall–Kier alpha value is -2.57. The van der Waals surface area contributed by atoms with E-state index in [0.717, 1.165) is 48.7 Å². The van der Waals surface area contributed by atoms with Gasteiger partial charge in [-0.3, -0.25) is 0 Å². The molecule has 2 aromatic carbocycles. The van der Waals surface area contributed by atoms with Gasteiger partial charge in [0.2, 0.25) is 0 Å². The van der Waals surface area contributed by atoms with Gasteiger partial charge in [-0.25, -0.2) is 4.39 Å². The Labute approximate surface area is 159 Å². The van der Waals surface area contributed by atoms with Crippen molar-refractivity contribution in [2.24, 2.45) is 0 Å². The quantitative estimate of drug-likeness (QED) is 0.555. The maximum absolute atomic E-state index is 13.1. The van der Waals surface area contributed by atoms with Gasteiger partial charge in [0.25, 0.3) is 0 Å². The van der Waals surface area contributed by atoms with Crippen molar-refractivity contribution in [1.82, 2.24) is 20.3 Å².